The van der Waals surface area contributed by atoms with E-state index in [1.807, 2.05) is 19.1 Å². The van der Waals surface area contributed by atoms with E-state index in [-0.39, 0.29) is 11.9 Å². The van der Waals surface area contributed by atoms with Gasteiger partial charge in [0.25, 0.3) is 5.91 Å². The van der Waals surface area contributed by atoms with Crippen LogP contribution in [0.5, 0.6) is 0 Å². The molecule has 0 radical (unpaired) electrons. The van der Waals surface area contributed by atoms with Gasteiger partial charge in [0, 0.05) is 4.88 Å². The zero-order valence-electron chi connectivity index (χ0n) is 8.57. The molecule has 1 amide bonds. The molecule has 0 aromatic carbocycles. The van der Waals surface area contributed by atoms with Gasteiger partial charge in [-0.15, -0.1) is 11.3 Å². The van der Waals surface area contributed by atoms with Crippen molar-refractivity contribution in [2.24, 2.45) is 0 Å². The van der Waals surface area contributed by atoms with Crippen LogP contribution in [0.25, 0.3) is 0 Å². The van der Waals surface area contributed by atoms with E-state index >= 15 is 0 Å². The number of carbonyl (C=O) groups is 1. The normalized spacial score (nSPS) is 12.4. The Morgan fingerprint density at radius 2 is 2.31 bits per heavy atom. The first-order chi connectivity index (χ1) is 7.66. The van der Waals surface area contributed by atoms with Gasteiger partial charge in [0.15, 0.2) is 5.76 Å². The fourth-order valence-corrected chi connectivity index (χ4v) is 2.37. The minimum atomic E-state index is -0.220. The fraction of sp³-hybridized carbons (Fsp3) is 0.182. The summed E-state index contributed by atoms with van der Waals surface area (Å²) in [4.78, 5) is 12.7. The van der Waals surface area contributed by atoms with Gasteiger partial charge in [0.2, 0.25) is 0 Å². The Morgan fingerprint density at radius 1 is 1.50 bits per heavy atom. The molecule has 2 aromatic rings. The van der Waals surface area contributed by atoms with E-state index in [1.165, 1.54) is 17.6 Å². The quantitative estimate of drug-likeness (QED) is 0.912. The summed E-state index contributed by atoms with van der Waals surface area (Å²) in [6.45, 7) is 1.91. The van der Waals surface area contributed by atoms with E-state index in [1.54, 1.807) is 12.1 Å². The summed E-state index contributed by atoms with van der Waals surface area (Å²) in [7, 11) is 0. The third kappa shape index (κ3) is 2.46. The summed E-state index contributed by atoms with van der Waals surface area (Å²) in [5.74, 6) is 0.0940. The lowest BCUT2D eigenvalue weighted by atomic mass is 10.2. The summed E-state index contributed by atoms with van der Waals surface area (Å²) in [5, 5.41) is 2.83. The molecule has 2 heterocycles. The highest BCUT2D eigenvalue weighted by atomic mass is 35.5. The molecule has 0 aliphatic heterocycles. The van der Waals surface area contributed by atoms with Crippen molar-refractivity contribution in [2.45, 2.75) is 13.0 Å². The van der Waals surface area contributed by atoms with Gasteiger partial charge >= 0.3 is 0 Å². The molecule has 1 atom stereocenters. The van der Waals surface area contributed by atoms with Crippen molar-refractivity contribution in [2.75, 3.05) is 0 Å². The lowest BCUT2D eigenvalue weighted by Gasteiger charge is -2.10. The molecule has 0 bridgehead atoms. The maximum absolute atomic E-state index is 11.7. The monoisotopic (exact) mass is 255 g/mol. The van der Waals surface area contributed by atoms with E-state index in [9.17, 15) is 4.79 Å². The first-order valence-corrected chi connectivity index (χ1v) is 5.96. The highest BCUT2D eigenvalue weighted by Gasteiger charge is 2.14. The molecule has 5 heteroatoms. The second-order valence-corrected chi connectivity index (χ2v) is 5.06. The predicted molar refractivity (Wildman–Crippen MR) is 63.9 cm³/mol. The fourth-order valence-electron chi connectivity index (χ4n) is 1.31. The molecular weight excluding hydrogens is 246 g/mol. The van der Waals surface area contributed by atoms with Crippen molar-refractivity contribution < 1.29 is 9.21 Å². The Morgan fingerprint density at radius 3 is 2.88 bits per heavy atom. The molecule has 2 aromatic heterocycles. The van der Waals surface area contributed by atoms with Gasteiger partial charge in [-0.25, -0.2) is 0 Å². The van der Waals surface area contributed by atoms with Crippen molar-refractivity contribution in [1.82, 2.24) is 5.32 Å². The van der Waals surface area contributed by atoms with Crippen molar-refractivity contribution >= 4 is 28.8 Å². The van der Waals surface area contributed by atoms with Crippen LogP contribution in [0, 0.1) is 0 Å². The van der Waals surface area contributed by atoms with Crippen LogP contribution >= 0.6 is 22.9 Å². The van der Waals surface area contributed by atoms with E-state index in [2.05, 4.69) is 5.32 Å². The molecular formula is C11H10ClNO2S. The van der Waals surface area contributed by atoms with Crippen LogP contribution in [0.2, 0.25) is 4.34 Å². The number of rotatable bonds is 3. The van der Waals surface area contributed by atoms with E-state index in [0.717, 1.165) is 4.88 Å². The van der Waals surface area contributed by atoms with Crippen LogP contribution < -0.4 is 5.32 Å². The van der Waals surface area contributed by atoms with E-state index in [4.69, 9.17) is 16.0 Å². The van der Waals surface area contributed by atoms with Gasteiger partial charge in [-0.05, 0) is 31.2 Å². The van der Waals surface area contributed by atoms with Crippen LogP contribution in [-0.4, -0.2) is 5.91 Å². The second kappa shape index (κ2) is 4.72. The summed E-state index contributed by atoms with van der Waals surface area (Å²) in [5.41, 5.74) is 0. The topological polar surface area (TPSA) is 42.2 Å². The minimum Gasteiger partial charge on any atom is -0.459 e. The number of hydrogen-bond donors (Lipinski definition) is 1. The van der Waals surface area contributed by atoms with Crippen molar-refractivity contribution in [3.05, 3.63) is 45.5 Å². The Bertz CT molecular complexity index is 478. The maximum Gasteiger partial charge on any atom is 0.287 e. The Kier molecular flexibility index (Phi) is 3.31. The minimum absolute atomic E-state index is 0.0740. The van der Waals surface area contributed by atoms with Crippen molar-refractivity contribution in [1.29, 1.82) is 0 Å². The third-order valence-electron chi connectivity index (χ3n) is 2.11. The largest absolute Gasteiger partial charge is 0.459 e. The lowest BCUT2D eigenvalue weighted by Crippen LogP contribution is -2.25. The predicted octanol–water partition coefficient (Wildman–Crippen LogP) is 3.49. The van der Waals surface area contributed by atoms with Crippen molar-refractivity contribution in [3.63, 3.8) is 0 Å². The molecule has 0 saturated heterocycles. The summed E-state index contributed by atoms with van der Waals surface area (Å²) in [6.07, 6.45) is 1.47. The summed E-state index contributed by atoms with van der Waals surface area (Å²) < 4.78 is 5.72. The first-order valence-electron chi connectivity index (χ1n) is 4.76. The molecule has 2 rings (SSSR count). The number of thiophene rings is 1. The molecule has 16 heavy (non-hydrogen) atoms. The van der Waals surface area contributed by atoms with Gasteiger partial charge in [-0.1, -0.05) is 11.6 Å². The molecule has 0 aliphatic rings. The maximum atomic E-state index is 11.7. The molecule has 0 spiro atoms. The van der Waals surface area contributed by atoms with Gasteiger partial charge in [0.05, 0.1) is 16.6 Å². The molecule has 0 aliphatic carbocycles. The molecule has 0 fully saturated rings. The first kappa shape index (κ1) is 11.2. The highest BCUT2D eigenvalue weighted by Crippen LogP contribution is 2.26. The number of hydrogen-bond acceptors (Lipinski definition) is 3. The standard InChI is InChI=1S/C11H10ClNO2S/c1-7(9-4-5-10(12)16-9)13-11(14)8-3-2-6-15-8/h2-7H,1H3,(H,13,14)/t7-/m1/s1. The lowest BCUT2D eigenvalue weighted by molar-refractivity contribution is 0.0912. The van der Waals surface area contributed by atoms with E-state index < -0.39 is 0 Å². The highest BCUT2D eigenvalue weighted by molar-refractivity contribution is 7.16. The zero-order chi connectivity index (χ0) is 11.5. The van der Waals surface area contributed by atoms with Gasteiger partial charge in [-0.2, -0.15) is 0 Å². The molecule has 1 N–H and O–H groups in total. The molecule has 0 unspecified atom stereocenters. The molecule has 84 valence electrons. The zero-order valence-corrected chi connectivity index (χ0v) is 10.1. The number of halogens is 1. The van der Waals surface area contributed by atoms with Gasteiger partial charge < -0.3 is 9.73 Å². The Hall–Kier alpha value is -1.26. The SMILES string of the molecule is C[C@@H](NC(=O)c1ccco1)c1ccc(Cl)s1. The Labute approximate surface area is 102 Å². The van der Waals surface area contributed by atoms with Crippen molar-refractivity contribution in [3.8, 4) is 0 Å². The van der Waals surface area contributed by atoms with Crippen LogP contribution in [0.1, 0.15) is 28.4 Å². The summed E-state index contributed by atoms with van der Waals surface area (Å²) >= 11 is 7.28. The smallest absolute Gasteiger partial charge is 0.287 e. The van der Waals surface area contributed by atoms with Gasteiger partial charge in [0.1, 0.15) is 0 Å². The summed E-state index contributed by atoms with van der Waals surface area (Å²) in [6, 6.07) is 6.96. The van der Waals surface area contributed by atoms with E-state index in [0.29, 0.717) is 10.1 Å². The third-order valence-corrected chi connectivity index (χ3v) is 3.53. The molecule has 3 nitrogen and oxygen atoms in total. The van der Waals surface area contributed by atoms with Crippen LogP contribution in [0.4, 0.5) is 0 Å². The van der Waals surface area contributed by atoms with Crippen LogP contribution in [0.15, 0.2) is 34.9 Å². The number of amides is 1. The number of carbonyl (C=O) groups excluding carboxylic acids is 1. The number of furan rings is 1. The van der Waals surface area contributed by atoms with Gasteiger partial charge in [-0.3, -0.25) is 4.79 Å². The average Bonchev–Trinajstić information content (AvgIpc) is 2.87. The average molecular weight is 256 g/mol. The number of nitrogens with one attached hydrogen (secondary N) is 1. The molecule has 0 saturated carbocycles. The second-order valence-electron chi connectivity index (χ2n) is 3.31. The van der Waals surface area contributed by atoms with Crippen LogP contribution in [-0.2, 0) is 0 Å². The Balaban J connectivity index is 2.03. The van der Waals surface area contributed by atoms with Crippen LogP contribution in [0.3, 0.4) is 0 Å².